The standard InChI is InChI=1S/C13H15BrN4O3/c1-8-4-3-5-10(12(8)14)13-15-16-17-18(13)7-9(21-2)6-11(19)20/h3-5,9H,6-7H2,1-2H3,(H,19,20). The van der Waals surface area contributed by atoms with Crippen molar-refractivity contribution in [3.05, 3.63) is 28.2 Å². The Morgan fingerprint density at radius 3 is 2.95 bits per heavy atom. The van der Waals surface area contributed by atoms with Gasteiger partial charge in [0.05, 0.1) is 19.1 Å². The maximum Gasteiger partial charge on any atom is 0.306 e. The van der Waals surface area contributed by atoms with Gasteiger partial charge >= 0.3 is 5.97 Å². The van der Waals surface area contributed by atoms with E-state index >= 15 is 0 Å². The summed E-state index contributed by atoms with van der Waals surface area (Å²) in [6.45, 7) is 2.25. The summed E-state index contributed by atoms with van der Waals surface area (Å²) in [5.41, 5.74) is 1.92. The maximum atomic E-state index is 10.8. The number of nitrogens with zero attached hydrogens (tertiary/aromatic N) is 4. The Bertz CT molecular complexity index is 644. The molecule has 2 aromatic rings. The SMILES string of the molecule is COC(CC(=O)O)Cn1nnnc1-c1cccc(C)c1Br. The van der Waals surface area contributed by atoms with E-state index in [1.807, 2.05) is 25.1 Å². The van der Waals surface area contributed by atoms with Crippen LogP contribution in [0.15, 0.2) is 22.7 Å². The van der Waals surface area contributed by atoms with Crippen LogP contribution in [0, 0.1) is 6.92 Å². The number of carboxylic acids is 1. The van der Waals surface area contributed by atoms with Crippen molar-refractivity contribution < 1.29 is 14.6 Å². The molecule has 1 heterocycles. The zero-order valence-corrected chi connectivity index (χ0v) is 13.2. The van der Waals surface area contributed by atoms with E-state index in [9.17, 15) is 4.79 Å². The fourth-order valence-corrected chi connectivity index (χ4v) is 2.39. The van der Waals surface area contributed by atoms with Crippen LogP contribution in [0.4, 0.5) is 0 Å². The molecule has 1 atom stereocenters. The highest BCUT2D eigenvalue weighted by molar-refractivity contribution is 9.10. The van der Waals surface area contributed by atoms with Gasteiger partial charge in [0.15, 0.2) is 5.82 Å². The fraction of sp³-hybridized carbons (Fsp3) is 0.385. The summed E-state index contributed by atoms with van der Waals surface area (Å²) in [6, 6.07) is 5.79. The Morgan fingerprint density at radius 2 is 2.29 bits per heavy atom. The first-order chi connectivity index (χ1) is 10.0. The van der Waals surface area contributed by atoms with Crippen molar-refractivity contribution in [3.63, 3.8) is 0 Å². The number of hydrogen-bond acceptors (Lipinski definition) is 5. The van der Waals surface area contributed by atoms with E-state index in [-0.39, 0.29) is 13.0 Å². The van der Waals surface area contributed by atoms with Crippen molar-refractivity contribution in [2.75, 3.05) is 7.11 Å². The predicted octanol–water partition coefficient (Wildman–Crippen LogP) is 1.90. The molecule has 8 heteroatoms. The molecule has 1 aromatic heterocycles. The number of halogens is 1. The number of carboxylic acid groups (broad SMARTS) is 1. The summed E-state index contributed by atoms with van der Waals surface area (Å²) in [6.07, 6.45) is -0.599. The van der Waals surface area contributed by atoms with Gasteiger partial charge < -0.3 is 9.84 Å². The average Bonchev–Trinajstić information content (AvgIpc) is 2.88. The number of rotatable bonds is 6. The molecular weight excluding hydrogens is 340 g/mol. The molecule has 1 unspecified atom stereocenters. The third-order valence-corrected chi connectivity index (χ3v) is 4.13. The number of aromatic nitrogens is 4. The number of carbonyl (C=O) groups is 1. The zero-order chi connectivity index (χ0) is 15.4. The van der Waals surface area contributed by atoms with E-state index in [1.54, 1.807) is 4.68 Å². The summed E-state index contributed by atoms with van der Waals surface area (Å²) >= 11 is 3.53. The first-order valence-electron chi connectivity index (χ1n) is 6.29. The van der Waals surface area contributed by atoms with Gasteiger partial charge in [-0.1, -0.05) is 12.1 Å². The van der Waals surface area contributed by atoms with E-state index in [0.717, 1.165) is 15.6 Å². The van der Waals surface area contributed by atoms with E-state index in [4.69, 9.17) is 9.84 Å². The second-order valence-electron chi connectivity index (χ2n) is 4.58. The van der Waals surface area contributed by atoms with Gasteiger partial charge in [-0.25, -0.2) is 4.68 Å². The van der Waals surface area contributed by atoms with Crippen LogP contribution < -0.4 is 0 Å². The number of benzene rings is 1. The van der Waals surface area contributed by atoms with Crippen molar-refractivity contribution >= 4 is 21.9 Å². The largest absolute Gasteiger partial charge is 0.481 e. The molecule has 0 spiro atoms. The maximum absolute atomic E-state index is 10.8. The van der Waals surface area contributed by atoms with E-state index in [1.165, 1.54) is 7.11 Å². The van der Waals surface area contributed by atoms with Gasteiger partial charge in [0, 0.05) is 17.1 Å². The topological polar surface area (TPSA) is 90.1 Å². The lowest BCUT2D eigenvalue weighted by molar-refractivity contribution is -0.139. The van der Waals surface area contributed by atoms with Gasteiger partial charge in [-0.05, 0) is 44.9 Å². The first-order valence-corrected chi connectivity index (χ1v) is 7.08. The number of methoxy groups -OCH3 is 1. The molecule has 1 aromatic carbocycles. The Balaban J connectivity index is 2.30. The Morgan fingerprint density at radius 1 is 1.52 bits per heavy atom. The fourth-order valence-electron chi connectivity index (χ4n) is 1.95. The van der Waals surface area contributed by atoms with Crippen LogP contribution in [0.3, 0.4) is 0 Å². The first kappa shape index (κ1) is 15.6. The summed E-state index contributed by atoms with van der Waals surface area (Å²) < 4.78 is 7.63. The molecule has 1 N–H and O–H groups in total. The van der Waals surface area contributed by atoms with Crippen molar-refractivity contribution in [2.45, 2.75) is 26.0 Å². The van der Waals surface area contributed by atoms with Crippen LogP contribution in [0.2, 0.25) is 0 Å². The van der Waals surface area contributed by atoms with Gasteiger partial charge in [-0.3, -0.25) is 4.79 Å². The summed E-state index contributed by atoms with van der Waals surface area (Å²) in [7, 11) is 1.47. The third-order valence-electron chi connectivity index (χ3n) is 3.08. The Kier molecular flexibility index (Phi) is 5.03. The van der Waals surface area contributed by atoms with Crippen molar-refractivity contribution in [2.24, 2.45) is 0 Å². The number of aliphatic carboxylic acids is 1. The highest BCUT2D eigenvalue weighted by Gasteiger charge is 2.18. The van der Waals surface area contributed by atoms with Crippen LogP contribution in [0.5, 0.6) is 0 Å². The number of hydrogen-bond donors (Lipinski definition) is 1. The van der Waals surface area contributed by atoms with Crippen molar-refractivity contribution in [1.29, 1.82) is 0 Å². The molecule has 0 fully saturated rings. The van der Waals surface area contributed by atoms with Crippen molar-refractivity contribution in [1.82, 2.24) is 20.2 Å². The molecule has 7 nitrogen and oxygen atoms in total. The van der Waals surface area contributed by atoms with Gasteiger partial charge in [-0.15, -0.1) is 5.10 Å². The minimum absolute atomic E-state index is 0.106. The molecule has 0 saturated heterocycles. The highest BCUT2D eigenvalue weighted by atomic mass is 79.9. The molecule has 21 heavy (non-hydrogen) atoms. The minimum Gasteiger partial charge on any atom is -0.481 e. The molecule has 0 bridgehead atoms. The number of ether oxygens (including phenoxy) is 1. The zero-order valence-electron chi connectivity index (χ0n) is 11.7. The molecule has 0 aliphatic heterocycles. The molecule has 0 aliphatic carbocycles. The quantitative estimate of drug-likeness (QED) is 0.851. The lowest BCUT2D eigenvalue weighted by atomic mass is 10.1. The Labute approximate surface area is 130 Å². The lowest BCUT2D eigenvalue weighted by Gasteiger charge is -2.14. The number of aryl methyl sites for hydroxylation is 1. The normalized spacial score (nSPS) is 12.3. The van der Waals surface area contributed by atoms with Crippen LogP contribution >= 0.6 is 15.9 Å². The smallest absolute Gasteiger partial charge is 0.306 e. The lowest BCUT2D eigenvalue weighted by Crippen LogP contribution is -2.23. The second-order valence-corrected chi connectivity index (χ2v) is 5.37. The molecule has 0 aliphatic rings. The molecule has 112 valence electrons. The molecule has 0 amide bonds. The summed E-state index contributed by atoms with van der Waals surface area (Å²) in [5, 5.41) is 20.5. The predicted molar refractivity (Wildman–Crippen MR) is 78.7 cm³/mol. The van der Waals surface area contributed by atoms with Gasteiger partial charge in [0.25, 0.3) is 0 Å². The molecular formula is C13H15BrN4O3. The van der Waals surface area contributed by atoms with E-state index < -0.39 is 12.1 Å². The highest BCUT2D eigenvalue weighted by Crippen LogP contribution is 2.29. The van der Waals surface area contributed by atoms with Crippen LogP contribution in [-0.2, 0) is 16.1 Å². The van der Waals surface area contributed by atoms with E-state index in [2.05, 4.69) is 31.5 Å². The van der Waals surface area contributed by atoms with Crippen LogP contribution in [0.25, 0.3) is 11.4 Å². The molecule has 2 rings (SSSR count). The molecule has 0 saturated carbocycles. The summed E-state index contributed by atoms with van der Waals surface area (Å²) in [5.74, 6) is -0.355. The second kappa shape index (κ2) is 6.77. The van der Waals surface area contributed by atoms with Gasteiger partial charge in [0.1, 0.15) is 0 Å². The van der Waals surface area contributed by atoms with E-state index in [0.29, 0.717) is 5.82 Å². The third kappa shape index (κ3) is 3.64. The summed E-state index contributed by atoms with van der Waals surface area (Å²) in [4.78, 5) is 10.8. The van der Waals surface area contributed by atoms with Crippen molar-refractivity contribution in [3.8, 4) is 11.4 Å². The number of tetrazole rings is 1. The average molecular weight is 355 g/mol. The van der Waals surface area contributed by atoms with Gasteiger partial charge in [-0.2, -0.15) is 0 Å². The van der Waals surface area contributed by atoms with Gasteiger partial charge in [0.2, 0.25) is 0 Å². The van der Waals surface area contributed by atoms with Crippen LogP contribution in [-0.4, -0.2) is 44.5 Å². The monoisotopic (exact) mass is 354 g/mol. The Hall–Kier alpha value is -1.80. The van der Waals surface area contributed by atoms with Crippen LogP contribution in [0.1, 0.15) is 12.0 Å². The molecule has 0 radical (unpaired) electrons. The minimum atomic E-state index is -0.923.